The normalized spacial score (nSPS) is 17.2. The minimum Gasteiger partial charge on any atom is -0.336 e. The summed E-state index contributed by atoms with van der Waals surface area (Å²) in [5, 5.41) is 0. The van der Waals surface area contributed by atoms with E-state index in [-0.39, 0.29) is 5.91 Å². The molecule has 0 atom stereocenters. The first-order chi connectivity index (χ1) is 8.20. The van der Waals surface area contributed by atoms with Crippen molar-refractivity contribution in [3.05, 3.63) is 29.6 Å². The predicted octanol–water partition coefficient (Wildman–Crippen LogP) is -0.0721. The summed E-state index contributed by atoms with van der Waals surface area (Å²) < 4.78 is 0. The van der Waals surface area contributed by atoms with E-state index in [2.05, 4.69) is 16.9 Å². The van der Waals surface area contributed by atoms with Gasteiger partial charge < -0.3 is 15.5 Å². The minimum atomic E-state index is 0.0789. The van der Waals surface area contributed by atoms with Crippen molar-refractivity contribution in [3.63, 3.8) is 0 Å². The zero-order valence-electron chi connectivity index (χ0n) is 10.1. The number of nitrogens with zero attached hydrogens (tertiary/aromatic N) is 3. The average Bonchev–Trinajstić information content (AvgIpc) is 2.39. The fourth-order valence-corrected chi connectivity index (χ4v) is 1.91. The molecule has 1 saturated heterocycles. The van der Waals surface area contributed by atoms with Gasteiger partial charge in [0.05, 0.1) is 5.69 Å². The van der Waals surface area contributed by atoms with Gasteiger partial charge in [0.25, 0.3) is 5.91 Å². The molecule has 2 rings (SSSR count). The molecule has 0 spiro atoms. The molecule has 1 aliphatic rings. The number of likely N-dealkylation sites (N-methyl/N-ethyl adjacent to an activating group) is 1. The molecule has 1 amide bonds. The third-order valence-electron chi connectivity index (χ3n) is 3.06. The van der Waals surface area contributed by atoms with E-state index in [0.717, 1.165) is 31.9 Å². The second kappa shape index (κ2) is 5.25. The summed E-state index contributed by atoms with van der Waals surface area (Å²) in [5.74, 6) is 0.0789. The second-order valence-electron chi connectivity index (χ2n) is 4.34. The maximum absolute atomic E-state index is 12.2. The topological polar surface area (TPSA) is 62.5 Å². The summed E-state index contributed by atoms with van der Waals surface area (Å²) in [5.41, 5.74) is 6.96. The maximum Gasteiger partial charge on any atom is 0.254 e. The molecule has 2 heterocycles. The summed E-state index contributed by atoms with van der Waals surface area (Å²) in [4.78, 5) is 20.4. The summed E-state index contributed by atoms with van der Waals surface area (Å²) in [6.45, 7) is 3.80. The molecule has 17 heavy (non-hydrogen) atoms. The van der Waals surface area contributed by atoms with Gasteiger partial charge in [-0.25, -0.2) is 0 Å². The van der Waals surface area contributed by atoms with Gasteiger partial charge in [-0.2, -0.15) is 0 Å². The fraction of sp³-hybridized carbons (Fsp3) is 0.500. The van der Waals surface area contributed by atoms with E-state index in [1.165, 1.54) is 0 Å². The van der Waals surface area contributed by atoms with Crippen molar-refractivity contribution in [3.8, 4) is 0 Å². The van der Waals surface area contributed by atoms with Crippen molar-refractivity contribution in [2.45, 2.75) is 6.54 Å². The Morgan fingerprint density at radius 1 is 1.41 bits per heavy atom. The molecule has 5 nitrogen and oxygen atoms in total. The van der Waals surface area contributed by atoms with Crippen LogP contribution in [0.3, 0.4) is 0 Å². The lowest BCUT2D eigenvalue weighted by atomic mass is 10.2. The van der Waals surface area contributed by atoms with E-state index in [1.807, 2.05) is 4.90 Å². The zero-order chi connectivity index (χ0) is 12.3. The van der Waals surface area contributed by atoms with E-state index >= 15 is 0 Å². The van der Waals surface area contributed by atoms with Gasteiger partial charge in [-0.05, 0) is 19.2 Å². The molecule has 1 aromatic rings. The summed E-state index contributed by atoms with van der Waals surface area (Å²) in [6.07, 6.45) is 1.64. The standard InChI is InChI=1S/C12H18N4O/c1-15-4-6-16(7-5-15)12(17)10-2-3-14-11(8-10)9-13/h2-3,8H,4-7,9,13H2,1H3. The highest BCUT2D eigenvalue weighted by Crippen LogP contribution is 2.08. The van der Waals surface area contributed by atoms with Crippen molar-refractivity contribution in [1.82, 2.24) is 14.8 Å². The van der Waals surface area contributed by atoms with Crippen molar-refractivity contribution >= 4 is 5.91 Å². The van der Waals surface area contributed by atoms with Crippen LogP contribution in [0.25, 0.3) is 0 Å². The summed E-state index contributed by atoms with van der Waals surface area (Å²) in [6, 6.07) is 3.53. The van der Waals surface area contributed by atoms with Crippen LogP contribution in [0.4, 0.5) is 0 Å². The Bertz CT molecular complexity index is 399. The largest absolute Gasteiger partial charge is 0.336 e. The number of piperazine rings is 1. The quantitative estimate of drug-likeness (QED) is 0.778. The van der Waals surface area contributed by atoms with Crippen LogP contribution in [0.2, 0.25) is 0 Å². The van der Waals surface area contributed by atoms with Crippen LogP contribution in [0.5, 0.6) is 0 Å². The number of aromatic nitrogens is 1. The molecule has 1 aliphatic heterocycles. The molecule has 2 N–H and O–H groups in total. The van der Waals surface area contributed by atoms with E-state index < -0.39 is 0 Å². The van der Waals surface area contributed by atoms with Gasteiger partial charge in [0, 0.05) is 44.5 Å². The summed E-state index contributed by atoms with van der Waals surface area (Å²) in [7, 11) is 2.07. The lowest BCUT2D eigenvalue weighted by Gasteiger charge is -2.32. The first-order valence-electron chi connectivity index (χ1n) is 5.83. The van der Waals surface area contributed by atoms with Crippen molar-refractivity contribution in [2.24, 2.45) is 5.73 Å². The number of hydrogen-bond acceptors (Lipinski definition) is 4. The Balaban J connectivity index is 2.08. The highest BCUT2D eigenvalue weighted by atomic mass is 16.2. The van der Waals surface area contributed by atoms with Crippen LogP contribution < -0.4 is 5.73 Å². The minimum absolute atomic E-state index is 0.0789. The highest BCUT2D eigenvalue weighted by Gasteiger charge is 2.20. The van der Waals surface area contributed by atoms with Gasteiger partial charge in [-0.3, -0.25) is 9.78 Å². The van der Waals surface area contributed by atoms with Crippen LogP contribution in [-0.4, -0.2) is 53.9 Å². The number of nitrogens with two attached hydrogens (primary N) is 1. The number of carbonyl (C=O) groups excluding carboxylic acids is 1. The Morgan fingerprint density at radius 2 is 2.12 bits per heavy atom. The van der Waals surface area contributed by atoms with Crippen LogP contribution in [0.15, 0.2) is 18.3 Å². The maximum atomic E-state index is 12.2. The monoisotopic (exact) mass is 234 g/mol. The molecule has 1 fully saturated rings. The second-order valence-corrected chi connectivity index (χ2v) is 4.34. The molecule has 0 aromatic carbocycles. The fourth-order valence-electron chi connectivity index (χ4n) is 1.91. The molecular formula is C12H18N4O. The van der Waals surface area contributed by atoms with Gasteiger partial charge >= 0.3 is 0 Å². The average molecular weight is 234 g/mol. The third-order valence-corrected chi connectivity index (χ3v) is 3.06. The lowest BCUT2D eigenvalue weighted by molar-refractivity contribution is 0.0664. The Kier molecular flexibility index (Phi) is 3.71. The molecule has 92 valence electrons. The van der Waals surface area contributed by atoms with Crippen molar-refractivity contribution in [1.29, 1.82) is 0 Å². The molecule has 0 saturated carbocycles. The lowest BCUT2D eigenvalue weighted by Crippen LogP contribution is -2.47. The van der Waals surface area contributed by atoms with Crippen LogP contribution >= 0.6 is 0 Å². The molecule has 1 aromatic heterocycles. The Morgan fingerprint density at radius 3 is 2.76 bits per heavy atom. The first-order valence-corrected chi connectivity index (χ1v) is 5.83. The van der Waals surface area contributed by atoms with E-state index in [4.69, 9.17) is 5.73 Å². The number of hydrogen-bond donors (Lipinski definition) is 1. The summed E-state index contributed by atoms with van der Waals surface area (Å²) >= 11 is 0. The van der Waals surface area contributed by atoms with Crippen molar-refractivity contribution < 1.29 is 4.79 Å². The van der Waals surface area contributed by atoms with Gasteiger partial charge in [-0.15, -0.1) is 0 Å². The predicted molar refractivity (Wildman–Crippen MR) is 65.5 cm³/mol. The van der Waals surface area contributed by atoms with Crippen LogP contribution in [-0.2, 0) is 6.54 Å². The number of amides is 1. The van der Waals surface area contributed by atoms with Gasteiger partial charge in [0.15, 0.2) is 0 Å². The van der Waals surface area contributed by atoms with Crippen molar-refractivity contribution in [2.75, 3.05) is 33.2 Å². The van der Waals surface area contributed by atoms with Gasteiger partial charge in [0.2, 0.25) is 0 Å². The number of carbonyl (C=O) groups is 1. The third kappa shape index (κ3) is 2.81. The first kappa shape index (κ1) is 12.0. The molecule has 0 radical (unpaired) electrons. The van der Waals surface area contributed by atoms with E-state index in [9.17, 15) is 4.79 Å². The van der Waals surface area contributed by atoms with E-state index in [1.54, 1.807) is 18.3 Å². The number of pyridine rings is 1. The Hall–Kier alpha value is -1.46. The smallest absolute Gasteiger partial charge is 0.254 e. The highest BCUT2D eigenvalue weighted by molar-refractivity contribution is 5.94. The van der Waals surface area contributed by atoms with Crippen LogP contribution in [0.1, 0.15) is 16.1 Å². The SMILES string of the molecule is CN1CCN(C(=O)c2ccnc(CN)c2)CC1. The molecule has 5 heteroatoms. The van der Waals surface area contributed by atoms with Crippen LogP contribution in [0, 0.1) is 0 Å². The number of rotatable bonds is 2. The van der Waals surface area contributed by atoms with Gasteiger partial charge in [-0.1, -0.05) is 0 Å². The van der Waals surface area contributed by atoms with Gasteiger partial charge in [0.1, 0.15) is 0 Å². The van der Waals surface area contributed by atoms with E-state index in [0.29, 0.717) is 12.1 Å². The molecule has 0 unspecified atom stereocenters. The molecule has 0 bridgehead atoms. The Labute approximate surface area is 101 Å². The molecular weight excluding hydrogens is 216 g/mol. The zero-order valence-corrected chi connectivity index (χ0v) is 10.1. The molecule has 0 aliphatic carbocycles.